The average Bonchev–Trinajstić information content (AvgIpc) is 2.09. The van der Waals surface area contributed by atoms with Crippen LogP contribution >= 0.6 is 7.60 Å². The molecule has 1 atom stereocenters. The van der Waals surface area contributed by atoms with Gasteiger partial charge < -0.3 is 14.2 Å². The largest absolute Gasteiger partial charge is 0.508 e. The Kier molecular flexibility index (Phi) is 2.96. The fourth-order valence-electron chi connectivity index (χ4n) is 0.736. The van der Waals surface area contributed by atoms with Gasteiger partial charge in [-0.1, -0.05) is 0 Å². The van der Waals surface area contributed by atoms with Crippen LogP contribution in [0.1, 0.15) is 0 Å². The summed E-state index contributed by atoms with van der Waals surface area (Å²) in [7, 11) is -1.67. The highest BCUT2D eigenvalue weighted by molar-refractivity contribution is 7.53. The highest BCUT2D eigenvalue weighted by Gasteiger charge is 2.15. The van der Waals surface area contributed by atoms with Crippen molar-refractivity contribution in [3.05, 3.63) is 24.3 Å². The van der Waals surface area contributed by atoms with E-state index >= 15 is 0 Å². The minimum Gasteiger partial charge on any atom is -0.508 e. The van der Waals surface area contributed by atoms with Crippen LogP contribution in [0, 0.1) is 0 Å². The smallest absolute Gasteiger partial charge is 0.375 e. The molecule has 0 aliphatic carbocycles. The molecule has 72 valence electrons. The van der Waals surface area contributed by atoms with Gasteiger partial charge in [-0.3, -0.25) is 0 Å². The summed E-state index contributed by atoms with van der Waals surface area (Å²) in [6.45, 7) is 1.37. The number of aromatic hydroxyl groups is 1. The van der Waals surface area contributed by atoms with Crippen LogP contribution in [0.4, 0.5) is 0 Å². The summed E-state index contributed by atoms with van der Waals surface area (Å²) in [5.74, 6) is 0.543. The summed E-state index contributed by atoms with van der Waals surface area (Å²) in [6.07, 6.45) is 0. The molecule has 0 amide bonds. The Morgan fingerprint density at radius 1 is 1.31 bits per heavy atom. The van der Waals surface area contributed by atoms with E-state index in [1.807, 2.05) is 0 Å². The molecular formula is C8H11O4P. The monoisotopic (exact) mass is 202 g/mol. The van der Waals surface area contributed by atoms with E-state index in [0.29, 0.717) is 5.75 Å². The Hall–Kier alpha value is -0.990. The van der Waals surface area contributed by atoms with Crippen LogP contribution in [0.15, 0.2) is 24.3 Å². The third-order valence-electron chi connectivity index (χ3n) is 1.44. The lowest BCUT2D eigenvalue weighted by atomic mass is 10.3. The third-order valence-corrected chi connectivity index (χ3v) is 2.65. The predicted octanol–water partition coefficient (Wildman–Crippen LogP) is 2.24. The van der Waals surface area contributed by atoms with Crippen molar-refractivity contribution in [2.24, 2.45) is 0 Å². The van der Waals surface area contributed by atoms with Gasteiger partial charge in [-0.15, -0.1) is 0 Å². The molecule has 0 aromatic heterocycles. The summed E-state index contributed by atoms with van der Waals surface area (Å²) in [5, 5.41) is 8.96. The number of phenolic OH excluding ortho intramolecular Hbond substituents is 1. The van der Waals surface area contributed by atoms with Crippen molar-refractivity contribution in [2.75, 3.05) is 13.8 Å². The molecule has 4 nitrogen and oxygen atoms in total. The summed E-state index contributed by atoms with van der Waals surface area (Å²) >= 11 is 0. The van der Waals surface area contributed by atoms with Gasteiger partial charge >= 0.3 is 7.60 Å². The van der Waals surface area contributed by atoms with Crippen LogP contribution in [-0.4, -0.2) is 18.9 Å². The Morgan fingerprint density at radius 3 is 2.31 bits per heavy atom. The zero-order valence-corrected chi connectivity index (χ0v) is 8.32. The number of benzene rings is 1. The summed E-state index contributed by atoms with van der Waals surface area (Å²) < 4.78 is 21.0. The maximum absolute atomic E-state index is 11.3. The van der Waals surface area contributed by atoms with Crippen molar-refractivity contribution in [1.29, 1.82) is 0 Å². The van der Waals surface area contributed by atoms with Crippen molar-refractivity contribution < 1.29 is 18.7 Å². The first-order chi connectivity index (χ1) is 6.03. The summed E-state index contributed by atoms with van der Waals surface area (Å²) in [5.41, 5.74) is 0. The molecule has 0 radical (unpaired) electrons. The first-order valence-corrected chi connectivity index (χ1v) is 5.64. The van der Waals surface area contributed by atoms with Gasteiger partial charge in [0.1, 0.15) is 11.5 Å². The average molecular weight is 202 g/mol. The molecular weight excluding hydrogens is 191 g/mol. The molecule has 0 aliphatic rings. The molecule has 0 heterocycles. The second-order valence-corrected chi connectivity index (χ2v) is 4.63. The van der Waals surface area contributed by atoms with E-state index in [1.165, 1.54) is 38.0 Å². The van der Waals surface area contributed by atoms with Crippen molar-refractivity contribution >= 4 is 7.60 Å². The Bertz CT molecular complexity index is 319. The molecule has 0 bridgehead atoms. The lowest BCUT2D eigenvalue weighted by Crippen LogP contribution is -1.92. The molecule has 0 saturated carbocycles. The number of hydrogen-bond donors (Lipinski definition) is 1. The first kappa shape index (κ1) is 10.1. The summed E-state index contributed by atoms with van der Waals surface area (Å²) in [6, 6.07) is 5.94. The molecule has 0 fully saturated rings. The van der Waals surface area contributed by atoms with Gasteiger partial charge in [-0.05, 0) is 24.3 Å². The lowest BCUT2D eigenvalue weighted by Gasteiger charge is -2.12. The van der Waals surface area contributed by atoms with E-state index in [1.54, 1.807) is 0 Å². The van der Waals surface area contributed by atoms with Gasteiger partial charge in [-0.25, -0.2) is 4.57 Å². The van der Waals surface area contributed by atoms with Crippen LogP contribution in [-0.2, 0) is 9.09 Å². The Morgan fingerprint density at radius 2 is 1.85 bits per heavy atom. The van der Waals surface area contributed by atoms with E-state index in [2.05, 4.69) is 4.52 Å². The molecule has 0 saturated heterocycles. The zero-order valence-electron chi connectivity index (χ0n) is 7.43. The van der Waals surface area contributed by atoms with E-state index in [-0.39, 0.29) is 5.75 Å². The normalized spacial score (nSPS) is 14.9. The van der Waals surface area contributed by atoms with Crippen LogP contribution < -0.4 is 4.52 Å². The van der Waals surface area contributed by atoms with E-state index in [4.69, 9.17) is 9.63 Å². The highest BCUT2D eigenvalue weighted by Crippen LogP contribution is 2.43. The van der Waals surface area contributed by atoms with Gasteiger partial charge in [0.2, 0.25) is 0 Å². The third kappa shape index (κ3) is 3.09. The molecule has 1 aromatic carbocycles. The number of phenols is 1. The minimum atomic E-state index is -2.99. The van der Waals surface area contributed by atoms with Crippen molar-refractivity contribution in [1.82, 2.24) is 0 Å². The van der Waals surface area contributed by atoms with Crippen LogP contribution in [0.3, 0.4) is 0 Å². The lowest BCUT2D eigenvalue weighted by molar-refractivity contribution is 0.328. The van der Waals surface area contributed by atoms with Gasteiger partial charge in [0.05, 0.1) is 0 Å². The van der Waals surface area contributed by atoms with Gasteiger partial charge in [0, 0.05) is 13.8 Å². The van der Waals surface area contributed by atoms with Crippen LogP contribution in [0.25, 0.3) is 0 Å². The highest BCUT2D eigenvalue weighted by atomic mass is 31.2. The van der Waals surface area contributed by atoms with Gasteiger partial charge in [-0.2, -0.15) is 0 Å². The topological polar surface area (TPSA) is 55.8 Å². The SMILES string of the molecule is COP(C)(=O)Oc1ccc(O)cc1. The van der Waals surface area contributed by atoms with E-state index in [0.717, 1.165) is 0 Å². The second-order valence-electron chi connectivity index (χ2n) is 2.54. The maximum atomic E-state index is 11.3. The molecule has 1 unspecified atom stereocenters. The van der Waals surface area contributed by atoms with Gasteiger partial charge in [0.15, 0.2) is 0 Å². The van der Waals surface area contributed by atoms with Gasteiger partial charge in [0.25, 0.3) is 0 Å². The molecule has 1 aromatic rings. The summed E-state index contributed by atoms with van der Waals surface area (Å²) in [4.78, 5) is 0. The fraction of sp³-hybridized carbons (Fsp3) is 0.250. The first-order valence-electron chi connectivity index (χ1n) is 3.65. The van der Waals surface area contributed by atoms with Crippen molar-refractivity contribution in [2.45, 2.75) is 0 Å². The number of rotatable bonds is 3. The molecule has 1 N–H and O–H groups in total. The fourth-order valence-corrected chi connectivity index (χ4v) is 1.31. The second kappa shape index (κ2) is 3.81. The van der Waals surface area contributed by atoms with Crippen LogP contribution in [0.5, 0.6) is 11.5 Å². The Balaban J connectivity index is 2.75. The maximum Gasteiger partial charge on any atom is 0.375 e. The van der Waals surface area contributed by atoms with E-state index in [9.17, 15) is 4.57 Å². The quantitative estimate of drug-likeness (QED) is 0.763. The van der Waals surface area contributed by atoms with E-state index < -0.39 is 7.60 Å². The molecule has 13 heavy (non-hydrogen) atoms. The molecule has 5 heteroatoms. The standard InChI is InChI=1S/C8H11O4P/c1-11-13(2,10)12-8-5-3-7(9)4-6-8/h3-6,9H,1-2H3. The number of hydrogen-bond acceptors (Lipinski definition) is 4. The minimum absolute atomic E-state index is 0.135. The Labute approximate surface area is 76.6 Å². The predicted molar refractivity (Wildman–Crippen MR) is 49.3 cm³/mol. The van der Waals surface area contributed by atoms with Crippen molar-refractivity contribution in [3.63, 3.8) is 0 Å². The van der Waals surface area contributed by atoms with Crippen molar-refractivity contribution in [3.8, 4) is 11.5 Å². The van der Waals surface area contributed by atoms with Crippen LogP contribution in [0.2, 0.25) is 0 Å². The molecule has 1 rings (SSSR count). The molecule has 0 spiro atoms. The molecule has 0 aliphatic heterocycles. The zero-order chi connectivity index (χ0) is 9.90.